The summed E-state index contributed by atoms with van der Waals surface area (Å²) in [6.07, 6.45) is 2.42. The molecule has 1 amide bonds. The van der Waals surface area contributed by atoms with Gasteiger partial charge >= 0.3 is 0 Å². The van der Waals surface area contributed by atoms with Crippen molar-refractivity contribution in [2.45, 2.75) is 31.9 Å². The van der Waals surface area contributed by atoms with E-state index in [1.807, 2.05) is 6.07 Å². The Morgan fingerprint density at radius 2 is 2.38 bits per heavy atom. The van der Waals surface area contributed by atoms with Gasteiger partial charge in [-0.25, -0.2) is 4.39 Å². The second kappa shape index (κ2) is 8.10. The molecule has 0 aliphatic carbocycles. The molecule has 1 aromatic carbocycles. The van der Waals surface area contributed by atoms with E-state index in [4.69, 9.17) is 9.47 Å². The lowest BCUT2D eigenvalue weighted by molar-refractivity contribution is -0.134. The first kappa shape index (κ1) is 15.9. The van der Waals surface area contributed by atoms with E-state index in [-0.39, 0.29) is 17.8 Å². The van der Waals surface area contributed by atoms with Gasteiger partial charge in [0.1, 0.15) is 5.82 Å². The maximum Gasteiger partial charge on any atom is 0.225 e. The molecule has 0 N–H and O–H groups in total. The van der Waals surface area contributed by atoms with E-state index < -0.39 is 0 Å². The molecular weight excluding hydrogens is 273 g/mol. The summed E-state index contributed by atoms with van der Waals surface area (Å²) in [7, 11) is 1.57. The second-order valence-corrected chi connectivity index (χ2v) is 5.28. The number of carbonyl (C=O) groups is 1. The highest BCUT2D eigenvalue weighted by Gasteiger charge is 2.22. The Kier molecular flexibility index (Phi) is 6.14. The van der Waals surface area contributed by atoms with Crippen molar-refractivity contribution in [2.75, 3.05) is 26.9 Å². The first-order valence-electron chi connectivity index (χ1n) is 7.32. The van der Waals surface area contributed by atoms with Crippen LogP contribution in [0.1, 0.15) is 24.8 Å². The zero-order chi connectivity index (χ0) is 15.1. The number of nitrogens with zero attached hydrogens (tertiary/aromatic N) is 1. The van der Waals surface area contributed by atoms with Gasteiger partial charge in [-0.2, -0.15) is 0 Å². The Morgan fingerprint density at radius 1 is 1.52 bits per heavy atom. The fourth-order valence-electron chi connectivity index (χ4n) is 2.49. The summed E-state index contributed by atoms with van der Waals surface area (Å²) in [4.78, 5) is 14.0. The van der Waals surface area contributed by atoms with Gasteiger partial charge in [0.15, 0.2) is 0 Å². The van der Waals surface area contributed by atoms with E-state index in [1.54, 1.807) is 18.1 Å². The van der Waals surface area contributed by atoms with Crippen LogP contribution < -0.4 is 0 Å². The number of benzene rings is 1. The number of halogens is 1. The molecule has 1 unspecified atom stereocenters. The van der Waals surface area contributed by atoms with Crippen molar-refractivity contribution in [1.82, 2.24) is 4.90 Å². The monoisotopic (exact) mass is 295 g/mol. The zero-order valence-electron chi connectivity index (χ0n) is 12.4. The molecule has 1 aliphatic heterocycles. The van der Waals surface area contributed by atoms with Crippen LogP contribution in [0, 0.1) is 5.82 Å². The minimum atomic E-state index is -0.283. The predicted octanol–water partition coefficient (Wildman–Crippen LogP) is 2.37. The van der Waals surface area contributed by atoms with Crippen molar-refractivity contribution in [1.29, 1.82) is 0 Å². The largest absolute Gasteiger partial charge is 0.384 e. The second-order valence-electron chi connectivity index (χ2n) is 5.28. The van der Waals surface area contributed by atoms with Gasteiger partial charge in [0.05, 0.1) is 19.1 Å². The van der Waals surface area contributed by atoms with Crippen molar-refractivity contribution >= 4 is 5.91 Å². The SMILES string of the molecule is COCCC(=O)N(Cc1cccc(F)c1)CC1CCCO1. The lowest BCUT2D eigenvalue weighted by atomic mass is 10.1. The van der Waals surface area contributed by atoms with E-state index in [9.17, 15) is 9.18 Å². The third kappa shape index (κ3) is 5.10. The minimum Gasteiger partial charge on any atom is -0.384 e. The average Bonchev–Trinajstić information content (AvgIpc) is 2.97. The van der Waals surface area contributed by atoms with Crippen LogP contribution in [0.4, 0.5) is 4.39 Å². The summed E-state index contributed by atoms with van der Waals surface area (Å²) in [6, 6.07) is 6.36. The van der Waals surface area contributed by atoms with Crippen LogP contribution in [0.25, 0.3) is 0 Å². The van der Waals surface area contributed by atoms with Crippen molar-refractivity contribution < 1.29 is 18.7 Å². The van der Waals surface area contributed by atoms with E-state index in [2.05, 4.69) is 0 Å². The van der Waals surface area contributed by atoms with Gasteiger partial charge in [-0.15, -0.1) is 0 Å². The normalized spacial score (nSPS) is 17.9. The van der Waals surface area contributed by atoms with Gasteiger partial charge < -0.3 is 14.4 Å². The topological polar surface area (TPSA) is 38.8 Å². The molecule has 0 aromatic heterocycles. The van der Waals surface area contributed by atoms with Crippen LogP contribution in [0.2, 0.25) is 0 Å². The van der Waals surface area contributed by atoms with Crippen molar-refractivity contribution in [3.63, 3.8) is 0 Å². The summed E-state index contributed by atoms with van der Waals surface area (Å²) < 4.78 is 23.8. The minimum absolute atomic E-state index is 0.0108. The smallest absolute Gasteiger partial charge is 0.225 e. The van der Waals surface area contributed by atoms with E-state index in [0.717, 1.165) is 25.0 Å². The van der Waals surface area contributed by atoms with Gasteiger partial charge in [0, 0.05) is 26.8 Å². The van der Waals surface area contributed by atoms with Gasteiger partial charge in [-0.05, 0) is 30.5 Å². The first-order chi connectivity index (χ1) is 10.2. The molecule has 0 saturated carbocycles. The standard InChI is InChI=1S/C16H22FNO3/c1-20-9-7-16(19)18(12-15-6-3-8-21-15)11-13-4-2-5-14(17)10-13/h2,4-5,10,15H,3,6-9,11-12H2,1H3. The maximum atomic E-state index is 13.3. The molecular formula is C16H22FNO3. The van der Waals surface area contributed by atoms with Gasteiger partial charge in [-0.1, -0.05) is 12.1 Å². The predicted molar refractivity (Wildman–Crippen MR) is 77.3 cm³/mol. The number of rotatable bonds is 7. The number of carbonyl (C=O) groups excluding carboxylic acids is 1. The Balaban J connectivity index is 2.01. The number of methoxy groups -OCH3 is 1. The highest BCUT2D eigenvalue weighted by molar-refractivity contribution is 5.76. The lowest BCUT2D eigenvalue weighted by Gasteiger charge is -2.25. The van der Waals surface area contributed by atoms with Crippen LogP contribution in [0.3, 0.4) is 0 Å². The Bertz CT molecular complexity index is 461. The van der Waals surface area contributed by atoms with Gasteiger partial charge in [-0.3, -0.25) is 4.79 Å². The summed E-state index contributed by atoms with van der Waals surface area (Å²) in [5.74, 6) is -0.273. The maximum absolute atomic E-state index is 13.3. The van der Waals surface area contributed by atoms with Crippen LogP contribution in [0.15, 0.2) is 24.3 Å². The third-order valence-corrected chi connectivity index (χ3v) is 3.58. The van der Waals surface area contributed by atoms with E-state index in [0.29, 0.717) is 26.1 Å². The number of hydrogen-bond acceptors (Lipinski definition) is 3. The lowest BCUT2D eigenvalue weighted by Crippen LogP contribution is -2.37. The van der Waals surface area contributed by atoms with Crippen LogP contribution in [-0.4, -0.2) is 43.8 Å². The Labute approximate surface area is 124 Å². The highest BCUT2D eigenvalue weighted by atomic mass is 19.1. The van der Waals surface area contributed by atoms with E-state index >= 15 is 0 Å². The number of ether oxygens (including phenoxy) is 2. The molecule has 1 heterocycles. The molecule has 1 aliphatic rings. The molecule has 5 heteroatoms. The molecule has 0 spiro atoms. The van der Waals surface area contributed by atoms with Crippen LogP contribution in [0.5, 0.6) is 0 Å². The fourth-order valence-corrected chi connectivity index (χ4v) is 2.49. The summed E-state index contributed by atoms with van der Waals surface area (Å²) in [5, 5.41) is 0. The molecule has 4 nitrogen and oxygen atoms in total. The average molecular weight is 295 g/mol. The van der Waals surface area contributed by atoms with Gasteiger partial charge in [0.25, 0.3) is 0 Å². The van der Waals surface area contributed by atoms with Gasteiger partial charge in [0.2, 0.25) is 5.91 Å². The van der Waals surface area contributed by atoms with E-state index in [1.165, 1.54) is 12.1 Å². The summed E-state index contributed by atoms with van der Waals surface area (Å²) >= 11 is 0. The van der Waals surface area contributed by atoms with Crippen molar-refractivity contribution in [2.24, 2.45) is 0 Å². The molecule has 1 atom stereocenters. The number of amides is 1. The zero-order valence-corrected chi connectivity index (χ0v) is 12.4. The molecule has 116 valence electrons. The molecule has 0 radical (unpaired) electrons. The fraction of sp³-hybridized carbons (Fsp3) is 0.562. The number of hydrogen-bond donors (Lipinski definition) is 0. The summed E-state index contributed by atoms with van der Waals surface area (Å²) in [5.41, 5.74) is 0.791. The third-order valence-electron chi connectivity index (χ3n) is 3.58. The molecule has 1 saturated heterocycles. The van der Waals surface area contributed by atoms with Crippen molar-refractivity contribution in [3.8, 4) is 0 Å². The Morgan fingerprint density at radius 3 is 3.05 bits per heavy atom. The molecule has 1 aromatic rings. The van der Waals surface area contributed by atoms with Crippen molar-refractivity contribution in [3.05, 3.63) is 35.6 Å². The highest BCUT2D eigenvalue weighted by Crippen LogP contribution is 2.16. The molecule has 0 bridgehead atoms. The first-order valence-corrected chi connectivity index (χ1v) is 7.32. The molecule has 21 heavy (non-hydrogen) atoms. The molecule has 2 rings (SSSR count). The van der Waals surface area contributed by atoms with Crippen LogP contribution in [-0.2, 0) is 20.8 Å². The molecule has 1 fully saturated rings. The quantitative estimate of drug-likeness (QED) is 0.775. The van der Waals surface area contributed by atoms with Crippen LogP contribution >= 0.6 is 0 Å². The Hall–Kier alpha value is -1.46. The summed E-state index contributed by atoms with van der Waals surface area (Å²) in [6.45, 7) is 2.11.